The highest BCUT2D eigenvalue weighted by Crippen LogP contribution is 2.18. The van der Waals surface area contributed by atoms with Gasteiger partial charge < -0.3 is 5.11 Å². The lowest BCUT2D eigenvalue weighted by atomic mass is 10.2. The van der Waals surface area contributed by atoms with Crippen LogP contribution < -0.4 is 0 Å². The van der Waals surface area contributed by atoms with Crippen LogP contribution in [0, 0.1) is 24.0 Å². The van der Waals surface area contributed by atoms with Gasteiger partial charge in [-0.25, -0.2) is 14.5 Å². The third kappa shape index (κ3) is 2.28. The second kappa shape index (κ2) is 4.48. The molecule has 2 heterocycles. The van der Waals surface area contributed by atoms with Gasteiger partial charge in [-0.2, -0.15) is 5.10 Å². The van der Waals surface area contributed by atoms with E-state index in [0.29, 0.717) is 17.1 Å². The fraction of sp³-hybridized carbons (Fsp3) is 0.182. The first kappa shape index (κ1) is 12.7. The van der Waals surface area contributed by atoms with Crippen molar-refractivity contribution < 1.29 is 14.8 Å². The van der Waals surface area contributed by atoms with Crippen LogP contribution in [-0.4, -0.2) is 30.8 Å². The highest BCUT2D eigenvalue weighted by Gasteiger charge is 2.16. The Balaban J connectivity index is 2.50. The summed E-state index contributed by atoms with van der Waals surface area (Å²) in [7, 11) is 0. The van der Waals surface area contributed by atoms with Crippen molar-refractivity contribution in [3.63, 3.8) is 0 Å². The number of nitro groups is 1. The van der Waals surface area contributed by atoms with E-state index in [1.807, 2.05) is 0 Å². The maximum atomic E-state index is 10.9. The quantitative estimate of drug-likeness (QED) is 0.662. The van der Waals surface area contributed by atoms with Crippen molar-refractivity contribution in [3.8, 4) is 5.82 Å². The van der Waals surface area contributed by atoms with Crippen molar-refractivity contribution in [3.05, 3.63) is 45.4 Å². The average molecular weight is 262 g/mol. The molecule has 0 spiro atoms. The summed E-state index contributed by atoms with van der Waals surface area (Å²) in [6.45, 7) is 3.22. The minimum absolute atomic E-state index is 0.0690. The zero-order chi connectivity index (χ0) is 14.2. The number of aryl methyl sites for hydroxylation is 2. The summed E-state index contributed by atoms with van der Waals surface area (Å²) in [4.78, 5) is 25.0. The summed E-state index contributed by atoms with van der Waals surface area (Å²) in [6, 6.07) is 1.36. The second-order valence-corrected chi connectivity index (χ2v) is 3.97. The fourth-order valence-corrected chi connectivity index (χ4v) is 1.67. The summed E-state index contributed by atoms with van der Waals surface area (Å²) in [5.41, 5.74) is 0.837. The normalized spacial score (nSPS) is 10.4. The van der Waals surface area contributed by atoms with Crippen molar-refractivity contribution in [2.24, 2.45) is 0 Å². The minimum atomic E-state index is -1.08. The van der Waals surface area contributed by atoms with E-state index in [2.05, 4.69) is 10.1 Å². The van der Waals surface area contributed by atoms with Gasteiger partial charge in [-0.3, -0.25) is 10.1 Å². The van der Waals surface area contributed by atoms with Gasteiger partial charge in [0.2, 0.25) is 0 Å². The molecule has 0 amide bonds. The van der Waals surface area contributed by atoms with Crippen LogP contribution >= 0.6 is 0 Å². The molecule has 0 saturated carbocycles. The summed E-state index contributed by atoms with van der Waals surface area (Å²) in [5.74, 6) is -0.718. The van der Waals surface area contributed by atoms with Gasteiger partial charge in [0.05, 0.1) is 10.6 Å². The lowest BCUT2D eigenvalue weighted by molar-refractivity contribution is -0.385. The van der Waals surface area contributed by atoms with Crippen molar-refractivity contribution in [2.75, 3.05) is 0 Å². The van der Waals surface area contributed by atoms with E-state index in [0.717, 1.165) is 6.20 Å². The molecule has 0 radical (unpaired) electrons. The average Bonchev–Trinajstić information content (AvgIpc) is 2.71. The predicted octanol–water partition coefficient (Wildman–Crippen LogP) is 1.49. The molecule has 0 bridgehead atoms. The number of carboxylic acids is 1. The Morgan fingerprint density at radius 2 is 2.16 bits per heavy atom. The highest BCUT2D eigenvalue weighted by molar-refractivity contribution is 5.88. The first-order valence-electron chi connectivity index (χ1n) is 5.31. The summed E-state index contributed by atoms with van der Waals surface area (Å²) in [5, 5.41) is 23.6. The molecule has 0 saturated heterocycles. The van der Waals surface area contributed by atoms with Gasteiger partial charge in [0.15, 0.2) is 5.82 Å². The molecule has 8 nitrogen and oxygen atoms in total. The molecule has 2 aromatic heterocycles. The third-order valence-electron chi connectivity index (χ3n) is 2.59. The van der Waals surface area contributed by atoms with E-state index in [4.69, 9.17) is 5.11 Å². The zero-order valence-electron chi connectivity index (χ0n) is 10.2. The van der Waals surface area contributed by atoms with Crippen LogP contribution in [0.3, 0.4) is 0 Å². The van der Waals surface area contributed by atoms with Gasteiger partial charge in [0.25, 0.3) is 5.69 Å². The summed E-state index contributed by atoms with van der Waals surface area (Å²) >= 11 is 0. The van der Waals surface area contributed by atoms with E-state index in [9.17, 15) is 14.9 Å². The molecule has 1 N–H and O–H groups in total. The molecule has 0 aliphatic heterocycles. The van der Waals surface area contributed by atoms with Crippen molar-refractivity contribution in [1.82, 2.24) is 14.8 Å². The largest absolute Gasteiger partial charge is 0.478 e. The van der Waals surface area contributed by atoms with Crippen molar-refractivity contribution in [2.45, 2.75) is 13.8 Å². The van der Waals surface area contributed by atoms with E-state index in [1.54, 1.807) is 13.8 Å². The first-order valence-corrected chi connectivity index (χ1v) is 5.31. The number of hydrogen-bond donors (Lipinski definition) is 1. The fourth-order valence-electron chi connectivity index (χ4n) is 1.67. The molecule has 2 aromatic rings. The molecule has 0 fully saturated rings. The molecule has 0 unspecified atom stereocenters. The van der Waals surface area contributed by atoms with Gasteiger partial charge in [-0.15, -0.1) is 0 Å². The topological polar surface area (TPSA) is 111 Å². The molecule has 19 heavy (non-hydrogen) atoms. The van der Waals surface area contributed by atoms with Crippen LogP contribution in [0.1, 0.15) is 21.6 Å². The zero-order valence-corrected chi connectivity index (χ0v) is 10.2. The van der Waals surface area contributed by atoms with Crippen LogP contribution in [-0.2, 0) is 0 Å². The number of hydrogen-bond acceptors (Lipinski definition) is 5. The Kier molecular flexibility index (Phi) is 2.99. The number of aromatic nitrogens is 3. The van der Waals surface area contributed by atoms with Gasteiger partial charge in [-0.05, 0) is 13.8 Å². The van der Waals surface area contributed by atoms with Gasteiger partial charge in [-0.1, -0.05) is 0 Å². The number of carbonyl (C=O) groups is 1. The van der Waals surface area contributed by atoms with Gasteiger partial charge >= 0.3 is 5.97 Å². The van der Waals surface area contributed by atoms with E-state index >= 15 is 0 Å². The second-order valence-electron chi connectivity index (χ2n) is 3.97. The Bertz CT molecular complexity index is 677. The molecule has 8 heteroatoms. The van der Waals surface area contributed by atoms with Crippen LogP contribution in [0.2, 0.25) is 0 Å². The number of nitrogens with zero attached hydrogens (tertiary/aromatic N) is 4. The first-order chi connectivity index (χ1) is 8.90. The standard InChI is InChI=1S/C11H10N4O4/c1-6-3-8(15(18)19)4-12-10(6)14-5-9(11(16)17)7(2)13-14/h3-5H,1-2H3,(H,16,17). The number of carboxylic acid groups (broad SMARTS) is 1. The maximum Gasteiger partial charge on any atom is 0.339 e. The molecule has 0 aliphatic carbocycles. The van der Waals surface area contributed by atoms with Gasteiger partial charge in [0.1, 0.15) is 11.8 Å². The highest BCUT2D eigenvalue weighted by atomic mass is 16.6. The van der Waals surface area contributed by atoms with Crippen LogP contribution in [0.25, 0.3) is 5.82 Å². The minimum Gasteiger partial charge on any atom is -0.478 e. The predicted molar refractivity (Wildman–Crippen MR) is 64.4 cm³/mol. The molecule has 2 rings (SSSR count). The molecule has 98 valence electrons. The van der Waals surface area contributed by atoms with Crippen molar-refractivity contribution in [1.29, 1.82) is 0 Å². The van der Waals surface area contributed by atoms with E-state index in [1.165, 1.54) is 16.9 Å². The molecule has 0 aliphatic rings. The molecule has 0 atom stereocenters. The lowest BCUT2D eigenvalue weighted by Crippen LogP contribution is -2.02. The third-order valence-corrected chi connectivity index (χ3v) is 2.59. The van der Waals surface area contributed by atoms with E-state index < -0.39 is 10.9 Å². The molecular weight excluding hydrogens is 252 g/mol. The SMILES string of the molecule is Cc1cc([N+](=O)[O-])cnc1-n1cc(C(=O)O)c(C)n1. The Hall–Kier alpha value is -2.77. The number of aromatic carboxylic acids is 1. The van der Waals surface area contributed by atoms with Crippen molar-refractivity contribution >= 4 is 11.7 Å². The number of pyridine rings is 1. The van der Waals surface area contributed by atoms with E-state index in [-0.39, 0.29) is 11.3 Å². The van der Waals surface area contributed by atoms with Crippen LogP contribution in [0.15, 0.2) is 18.5 Å². The summed E-state index contributed by atoms with van der Waals surface area (Å²) in [6.07, 6.45) is 2.44. The Morgan fingerprint density at radius 3 is 2.63 bits per heavy atom. The summed E-state index contributed by atoms with van der Waals surface area (Å²) < 4.78 is 1.30. The monoisotopic (exact) mass is 262 g/mol. The Labute approximate surface area is 107 Å². The number of rotatable bonds is 3. The molecule has 0 aromatic carbocycles. The Morgan fingerprint density at radius 1 is 1.47 bits per heavy atom. The van der Waals surface area contributed by atoms with Crippen LogP contribution in [0.4, 0.5) is 5.69 Å². The maximum absolute atomic E-state index is 10.9. The van der Waals surface area contributed by atoms with Gasteiger partial charge in [0, 0.05) is 17.8 Å². The van der Waals surface area contributed by atoms with Crippen LogP contribution in [0.5, 0.6) is 0 Å². The lowest BCUT2D eigenvalue weighted by Gasteiger charge is -2.03. The molecular formula is C11H10N4O4. The smallest absolute Gasteiger partial charge is 0.339 e.